The van der Waals surface area contributed by atoms with Crippen LogP contribution in [-0.4, -0.2) is 17.4 Å². The van der Waals surface area contributed by atoms with Gasteiger partial charge in [-0.1, -0.05) is 36.4 Å². The molecule has 1 aliphatic heterocycles. The SMILES string of the molecule is N#Cc1ccccc1NC(=O)c1ccc(N2CCc3ccccc3C2)nc1. The van der Waals surface area contributed by atoms with E-state index in [0.717, 1.165) is 25.3 Å². The van der Waals surface area contributed by atoms with E-state index in [1.54, 1.807) is 36.5 Å². The van der Waals surface area contributed by atoms with Crippen LogP contribution in [0.15, 0.2) is 66.9 Å². The first kappa shape index (κ1) is 16.8. The van der Waals surface area contributed by atoms with Gasteiger partial charge in [0.1, 0.15) is 11.9 Å². The molecule has 0 saturated heterocycles. The molecule has 1 amide bonds. The largest absolute Gasteiger partial charge is 0.352 e. The second-order valence-corrected chi connectivity index (χ2v) is 6.46. The molecule has 0 bridgehead atoms. The van der Waals surface area contributed by atoms with Crippen LogP contribution in [0.4, 0.5) is 11.5 Å². The Morgan fingerprint density at radius 3 is 2.59 bits per heavy atom. The summed E-state index contributed by atoms with van der Waals surface area (Å²) in [7, 11) is 0. The Kier molecular flexibility index (Phi) is 4.54. The molecule has 132 valence electrons. The van der Waals surface area contributed by atoms with E-state index in [2.05, 4.69) is 45.5 Å². The smallest absolute Gasteiger partial charge is 0.257 e. The molecule has 27 heavy (non-hydrogen) atoms. The average Bonchev–Trinajstić information content (AvgIpc) is 2.74. The fourth-order valence-corrected chi connectivity index (χ4v) is 3.28. The summed E-state index contributed by atoms with van der Waals surface area (Å²) in [5.41, 5.74) is 4.11. The predicted octanol–water partition coefficient (Wildman–Crippen LogP) is 3.77. The molecule has 0 unspecified atom stereocenters. The van der Waals surface area contributed by atoms with Crippen molar-refractivity contribution in [3.8, 4) is 6.07 Å². The highest BCUT2D eigenvalue weighted by atomic mass is 16.1. The molecule has 1 N–H and O–H groups in total. The molecule has 1 aliphatic rings. The standard InChI is InChI=1S/C22H18N4O/c23-13-17-6-3-4-8-20(17)25-22(27)18-9-10-21(24-14-18)26-12-11-16-5-1-2-7-19(16)15-26/h1-10,14H,11-12,15H2,(H,25,27). The van der Waals surface area contributed by atoms with E-state index < -0.39 is 0 Å². The maximum absolute atomic E-state index is 12.5. The predicted molar refractivity (Wildman–Crippen MR) is 105 cm³/mol. The molecule has 0 spiro atoms. The van der Waals surface area contributed by atoms with E-state index in [0.29, 0.717) is 16.8 Å². The van der Waals surface area contributed by atoms with Crippen LogP contribution in [0.5, 0.6) is 0 Å². The normalized spacial score (nSPS) is 12.8. The summed E-state index contributed by atoms with van der Waals surface area (Å²) in [6.45, 7) is 1.73. The Morgan fingerprint density at radius 1 is 1.04 bits per heavy atom. The van der Waals surface area contributed by atoms with Crippen LogP contribution in [0.3, 0.4) is 0 Å². The number of pyridine rings is 1. The van der Waals surface area contributed by atoms with E-state index in [1.807, 2.05) is 6.07 Å². The van der Waals surface area contributed by atoms with Gasteiger partial charge in [-0.3, -0.25) is 4.79 Å². The molecular formula is C22H18N4O. The molecule has 3 aromatic rings. The molecule has 0 aliphatic carbocycles. The summed E-state index contributed by atoms with van der Waals surface area (Å²) >= 11 is 0. The molecule has 4 rings (SSSR count). The lowest BCUT2D eigenvalue weighted by molar-refractivity contribution is 0.102. The third kappa shape index (κ3) is 3.51. The quantitative estimate of drug-likeness (QED) is 0.777. The Bertz CT molecular complexity index is 1020. The van der Waals surface area contributed by atoms with Gasteiger partial charge in [-0.25, -0.2) is 4.98 Å². The highest BCUT2D eigenvalue weighted by Gasteiger charge is 2.17. The fraction of sp³-hybridized carbons (Fsp3) is 0.136. The second kappa shape index (κ2) is 7.30. The zero-order valence-electron chi connectivity index (χ0n) is 14.7. The van der Waals surface area contributed by atoms with Crippen molar-refractivity contribution in [2.24, 2.45) is 0 Å². The Balaban J connectivity index is 1.48. The van der Waals surface area contributed by atoms with Crippen molar-refractivity contribution in [3.05, 3.63) is 89.1 Å². The summed E-state index contributed by atoms with van der Waals surface area (Å²) in [5.74, 6) is 0.583. The first-order chi connectivity index (χ1) is 13.2. The summed E-state index contributed by atoms with van der Waals surface area (Å²) in [6, 6.07) is 21.1. The van der Waals surface area contributed by atoms with Crippen LogP contribution in [0.25, 0.3) is 0 Å². The van der Waals surface area contributed by atoms with Crippen LogP contribution in [0, 0.1) is 11.3 Å². The van der Waals surface area contributed by atoms with E-state index in [4.69, 9.17) is 5.26 Å². The van der Waals surface area contributed by atoms with Crippen LogP contribution in [-0.2, 0) is 13.0 Å². The van der Waals surface area contributed by atoms with E-state index in [-0.39, 0.29) is 5.91 Å². The molecule has 1 aromatic heterocycles. The lowest BCUT2D eigenvalue weighted by Crippen LogP contribution is -2.31. The van der Waals surface area contributed by atoms with Gasteiger partial charge in [-0.15, -0.1) is 0 Å². The van der Waals surface area contributed by atoms with Crippen molar-refractivity contribution < 1.29 is 4.79 Å². The summed E-state index contributed by atoms with van der Waals surface area (Å²) in [6.07, 6.45) is 2.57. The first-order valence-corrected chi connectivity index (χ1v) is 8.83. The molecule has 2 heterocycles. The number of para-hydroxylation sites is 1. The van der Waals surface area contributed by atoms with Crippen LogP contribution >= 0.6 is 0 Å². The lowest BCUT2D eigenvalue weighted by atomic mass is 10.00. The lowest BCUT2D eigenvalue weighted by Gasteiger charge is -2.29. The van der Waals surface area contributed by atoms with Crippen molar-refractivity contribution in [2.75, 3.05) is 16.8 Å². The first-order valence-electron chi connectivity index (χ1n) is 8.83. The minimum absolute atomic E-state index is 0.277. The number of aromatic nitrogens is 1. The zero-order valence-corrected chi connectivity index (χ0v) is 14.7. The fourth-order valence-electron chi connectivity index (χ4n) is 3.28. The molecule has 5 heteroatoms. The van der Waals surface area contributed by atoms with E-state index >= 15 is 0 Å². The zero-order chi connectivity index (χ0) is 18.6. The number of nitrogens with zero attached hydrogens (tertiary/aromatic N) is 3. The molecular weight excluding hydrogens is 336 g/mol. The molecule has 0 atom stereocenters. The van der Waals surface area contributed by atoms with Crippen LogP contribution in [0.1, 0.15) is 27.0 Å². The number of nitriles is 1. The third-order valence-electron chi connectivity index (χ3n) is 4.76. The summed E-state index contributed by atoms with van der Waals surface area (Å²) in [4.78, 5) is 19.2. The maximum atomic E-state index is 12.5. The molecule has 0 radical (unpaired) electrons. The van der Waals surface area contributed by atoms with Crippen molar-refractivity contribution in [2.45, 2.75) is 13.0 Å². The number of anilines is 2. The van der Waals surface area contributed by atoms with Gasteiger partial charge in [-0.2, -0.15) is 5.26 Å². The number of hydrogen-bond donors (Lipinski definition) is 1. The Morgan fingerprint density at radius 2 is 1.81 bits per heavy atom. The van der Waals surface area contributed by atoms with E-state index in [9.17, 15) is 4.79 Å². The van der Waals surface area contributed by atoms with Crippen molar-refractivity contribution in [1.29, 1.82) is 5.26 Å². The van der Waals surface area contributed by atoms with Gasteiger partial charge in [0.25, 0.3) is 5.91 Å². The number of amides is 1. The molecule has 0 saturated carbocycles. The minimum atomic E-state index is -0.277. The number of benzene rings is 2. The number of carbonyl (C=O) groups excluding carboxylic acids is 1. The molecule has 5 nitrogen and oxygen atoms in total. The van der Waals surface area contributed by atoms with Crippen LogP contribution < -0.4 is 10.2 Å². The van der Waals surface area contributed by atoms with Crippen molar-refractivity contribution in [1.82, 2.24) is 4.98 Å². The van der Waals surface area contributed by atoms with Gasteiger partial charge in [0.15, 0.2) is 0 Å². The monoisotopic (exact) mass is 354 g/mol. The highest BCUT2D eigenvalue weighted by Crippen LogP contribution is 2.23. The van der Waals surface area contributed by atoms with Gasteiger partial charge in [0.05, 0.1) is 16.8 Å². The third-order valence-corrected chi connectivity index (χ3v) is 4.76. The number of rotatable bonds is 3. The second-order valence-electron chi connectivity index (χ2n) is 6.46. The number of carbonyl (C=O) groups is 1. The van der Waals surface area contributed by atoms with Gasteiger partial charge in [0, 0.05) is 19.3 Å². The Labute approximate surface area is 157 Å². The van der Waals surface area contributed by atoms with Crippen LogP contribution in [0.2, 0.25) is 0 Å². The summed E-state index contributed by atoms with van der Waals surface area (Å²) < 4.78 is 0. The molecule has 0 fully saturated rings. The number of nitrogens with one attached hydrogen (secondary N) is 1. The molecule has 2 aromatic carbocycles. The van der Waals surface area contributed by atoms with Gasteiger partial charge in [-0.05, 0) is 41.8 Å². The Hall–Kier alpha value is -3.65. The summed E-state index contributed by atoms with van der Waals surface area (Å²) in [5, 5.41) is 11.9. The average molecular weight is 354 g/mol. The highest BCUT2D eigenvalue weighted by molar-refractivity contribution is 6.04. The topological polar surface area (TPSA) is 69.0 Å². The minimum Gasteiger partial charge on any atom is -0.352 e. The van der Waals surface area contributed by atoms with Crippen molar-refractivity contribution in [3.63, 3.8) is 0 Å². The van der Waals surface area contributed by atoms with Gasteiger partial charge in [0.2, 0.25) is 0 Å². The van der Waals surface area contributed by atoms with Gasteiger partial charge >= 0.3 is 0 Å². The number of hydrogen-bond acceptors (Lipinski definition) is 4. The maximum Gasteiger partial charge on any atom is 0.257 e. The number of fused-ring (bicyclic) bond motifs is 1. The van der Waals surface area contributed by atoms with E-state index in [1.165, 1.54) is 11.1 Å². The van der Waals surface area contributed by atoms with Crippen molar-refractivity contribution >= 4 is 17.4 Å². The van der Waals surface area contributed by atoms with Gasteiger partial charge < -0.3 is 10.2 Å².